The van der Waals surface area contributed by atoms with Gasteiger partial charge in [0.2, 0.25) is 0 Å². The highest BCUT2D eigenvalue weighted by molar-refractivity contribution is 9.09. The molecule has 2 aromatic rings. The third kappa shape index (κ3) is 3.83. The summed E-state index contributed by atoms with van der Waals surface area (Å²) in [5.74, 6) is 0.303. The molecule has 0 bridgehead atoms. The van der Waals surface area contributed by atoms with Crippen LogP contribution in [0.5, 0.6) is 5.75 Å². The third-order valence-electron chi connectivity index (χ3n) is 4.48. The van der Waals surface area contributed by atoms with Gasteiger partial charge in [-0.25, -0.2) is 8.78 Å². The van der Waals surface area contributed by atoms with Crippen LogP contribution in [-0.2, 0) is 16.8 Å². The Hall–Kier alpha value is -2.14. The molecule has 0 aliphatic heterocycles. The van der Waals surface area contributed by atoms with Crippen LogP contribution in [0.15, 0.2) is 72.3 Å². The Bertz CT molecular complexity index is 830. The van der Waals surface area contributed by atoms with Crippen molar-refractivity contribution in [2.75, 3.05) is 12.4 Å². The molecule has 0 radical (unpaired) electrons. The van der Waals surface area contributed by atoms with Gasteiger partial charge < -0.3 is 9.47 Å². The standard InChI is InChI=1S/C21H19BrF2O2/c1-25-20-12-21(14-22,11-10-18(20)24)17-4-2-3-5-19(17)26-13-15-6-8-16(23)9-7-15/h2-10,12H,11,13-14H2,1H3. The Labute approximate surface area is 160 Å². The second-order valence-electron chi connectivity index (χ2n) is 6.17. The summed E-state index contributed by atoms with van der Waals surface area (Å²) < 4.78 is 38.2. The number of alkyl halides is 1. The quantitative estimate of drug-likeness (QED) is 0.547. The van der Waals surface area contributed by atoms with E-state index in [-0.39, 0.29) is 17.4 Å². The molecule has 2 nitrogen and oxygen atoms in total. The van der Waals surface area contributed by atoms with Crippen molar-refractivity contribution < 1.29 is 18.3 Å². The summed E-state index contributed by atoms with van der Waals surface area (Å²) in [6, 6.07) is 13.9. The summed E-state index contributed by atoms with van der Waals surface area (Å²) in [6.07, 6.45) is 3.84. The molecule has 0 N–H and O–H groups in total. The fraction of sp³-hybridized carbons (Fsp3) is 0.238. The number of hydrogen-bond donors (Lipinski definition) is 0. The summed E-state index contributed by atoms with van der Waals surface area (Å²) >= 11 is 3.57. The highest BCUT2D eigenvalue weighted by Gasteiger charge is 2.35. The van der Waals surface area contributed by atoms with E-state index in [2.05, 4.69) is 15.9 Å². The maximum atomic E-state index is 13.9. The van der Waals surface area contributed by atoms with Gasteiger partial charge in [-0.15, -0.1) is 0 Å². The fourth-order valence-electron chi connectivity index (χ4n) is 3.01. The average Bonchev–Trinajstić information content (AvgIpc) is 2.68. The van der Waals surface area contributed by atoms with E-state index in [0.717, 1.165) is 11.1 Å². The first-order valence-corrected chi connectivity index (χ1v) is 9.36. The van der Waals surface area contributed by atoms with Crippen molar-refractivity contribution >= 4 is 15.9 Å². The number of halogens is 3. The maximum absolute atomic E-state index is 13.9. The van der Waals surface area contributed by atoms with E-state index in [1.807, 2.05) is 24.3 Å². The zero-order valence-electron chi connectivity index (χ0n) is 14.3. The average molecular weight is 421 g/mol. The Morgan fingerprint density at radius 1 is 1.08 bits per heavy atom. The number of rotatable bonds is 6. The van der Waals surface area contributed by atoms with Crippen molar-refractivity contribution in [2.24, 2.45) is 0 Å². The van der Waals surface area contributed by atoms with E-state index in [9.17, 15) is 8.78 Å². The van der Waals surface area contributed by atoms with Crippen molar-refractivity contribution in [3.8, 4) is 5.75 Å². The Morgan fingerprint density at radius 3 is 2.50 bits per heavy atom. The molecule has 0 saturated carbocycles. The van der Waals surface area contributed by atoms with Gasteiger partial charge in [0, 0.05) is 16.3 Å². The van der Waals surface area contributed by atoms with Crippen LogP contribution < -0.4 is 4.74 Å². The van der Waals surface area contributed by atoms with Gasteiger partial charge in [0.15, 0.2) is 11.6 Å². The van der Waals surface area contributed by atoms with Gasteiger partial charge in [0.25, 0.3) is 0 Å². The van der Waals surface area contributed by atoms with Gasteiger partial charge in [-0.3, -0.25) is 0 Å². The normalized spacial score (nSPS) is 19.5. The van der Waals surface area contributed by atoms with E-state index >= 15 is 0 Å². The third-order valence-corrected chi connectivity index (χ3v) is 5.48. The molecule has 5 heteroatoms. The maximum Gasteiger partial charge on any atom is 0.160 e. The molecular weight excluding hydrogens is 402 g/mol. The lowest BCUT2D eigenvalue weighted by atomic mass is 9.76. The van der Waals surface area contributed by atoms with Crippen LogP contribution in [0.25, 0.3) is 0 Å². The molecule has 0 amide bonds. The number of benzene rings is 2. The summed E-state index contributed by atoms with van der Waals surface area (Å²) in [7, 11) is 1.46. The van der Waals surface area contributed by atoms with E-state index in [0.29, 0.717) is 24.1 Å². The van der Waals surface area contributed by atoms with Crippen molar-refractivity contribution in [2.45, 2.75) is 18.4 Å². The monoisotopic (exact) mass is 420 g/mol. The van der Waals surface area contributed by atoms with Crippen LogP contribution in [0.1, 0.15) is 17.5 Å². The highest BCUT2D eigenvalue weighted by atomic mass is 79.9. The topological polar surface area (TPSA) is 18.5 Å². The zero-order valence-corrected chi connectivity index (χ0v) is 15.9. The SMILES string of the molecule is COC1=CC(CBr)(c2ccccc2OCc2ccc(F)cc2)CC=C1F. The van der Waals surface area contributed by atoms with Gasteiger partial charge in [0.05, 0.1) is 7.11 Å². The Morgan fingerprint density at radius 2 is 1.81 bits per heavy atom. The molecular formula is C21H19BrF2O2. The molecule has 0 heterocycles. The number of ether oxygens (including phenoxy) is 2. The first-order chi connectivity index (χ1) is 12.6. The molecule has 1 aliphatic rings. The van der Waals surface area contributed by atoms with Gasteiger partial charge in [-0.2, -0.15) is 0 Å². The minimum absolute atomic E-state index is 0.226. The second kappa shape index (κ2) is 8.04. The van der Waals surface area contributed by atoms with Gasteiger partial charge >= 0.3 is 0 Å². The molecule has 0 fully saturated rings. The Balaban J connectivity index is 1.90. The molecule has 1 aliphatic carbocycles. The lowest BCUT2D eigenvalue weighted by molar-refractivity contribution is 0.269. The van der Waals surface area contributed by atoms with Crippen molar-refractivity contribution in [3.05, 3.63) is 89.2 Å². The predicted molar refractivity (Wildman–Crippen MR) is 102 cm³/mol. The lowest BCUT2D eigenvalue weighted by Crippen LogP contribution is -2.28. The molecule has 2 aromatic carbocycles. The van der Waals surface area contributed by atoms with Crippen molar-refractivity contribution in [1.29, 1.82) is 0 Å². The first-order valence-electron chi connectivity index (χ1n) is 8.23. The van der Waals surface area contributed by atoms with Crippen molar-refractivity contribution in [3.63, 3.8) is 0 Å². The molecule has 26 heavy (non-hydrogen) atoms. The van der Waals surface area contributed by atoms with E-state index in [1.54, 1.807) is 18.2 Å². The van der Waals surface area contributed by atoms with E-state index in [4.69, 9.17) is 9.47 Å². The zero-order chi connectivity index (χ0) is 18.6. The van der Waals surface area contributed by atoms with Crippen LogP contribution in [0.2, 0.25) is 0 Å². The van der Waals surface area contributed by atoms with Gasteiger partial charge in [0.1, 0.15) is 18.2 Å². The van der Waals surface area contributed by atoms with Gasteiger partial charge in [-0.1, -0.05) is 46.3 Å². The fourth-order valence-corrected chi connectivity index (χ4v) is 3.70. The van der Waals surface area contributed by atoms with Crippen LogP contribution >= 0.6 is 15.9 Å². The number of para-hydroxylation sites is 1. The van der Waals surface area contributed by atoms with Crippen LogP contribution in [0.4, 0.5) is 8.78 Å². The molecule has 136 valence electrons. The van der Waals surface area contributed by atoms with Crippen molar-refractivity contribution in [1.82, 2.24) is 0 Å². The van der Waals surface area contributed by atoms with E-state index in [1.165, 1.54) is 25.3 Å². The molecule has 1 atom stereocenters. The summed E-state index contributed by atoms with van der Waals surface area (Å²) in [5, 5.41) is 0.591. The largest absolute Gasteiger partial charge is 0.494 e. The van der Waals surface area contributed by atoms with Crippen LogP contribution in [0, 0.1) is 5.82 Å². The van der Waals surface area contributed by atoms with Crippen LogP contribution in [-0.4, -0.2) is 12.4 Å². The summed E-state index contributed by atoms with van der Waals surface area (Å²) in [6.45, 7) is 0.320. The number of allylic oxidation sites excluding steroid dienone is 3. The predicted octanol–water partition coefficient (Wildman–Crippen LogP) is 5.82. The molecule has 0 spiro atoms. The number of hydrogen-bond acceptors (Lipinski definition) is 2. The second-order valence-corrected chi connectivity index (χ2v) is 6.73. The van der Waals surface area contributed by atoms with E-state index < -0.39 is 5.41 Å². The van der Waals surface area contributed by atoms with Crippen LogP contribution in [0.3, 0.4) is 0 Å². The smallest absolute Gasteiger partial charge is 0.160 e. The highest BCUT2D eigenvalue weighted by Crippen LogP contribution is 2.42. The Kier molecular flexibility index (Phi) is 5.77. The molecule has 3 rings (SSSR count). The number of methoxy groups -OCH3 is 1. The molecule has 0 saturated heterocycles. The lowest BCUT2D eigenvalue weighted by Gasteiger charge is -2.33. The molecule has 0 aromatic heterocycles. The summed E-state index contributed by atoms with van der Waals surface area (Å²) in [5.41, 5.74) is 1.34. The van der Waals surface area contributed by atoms with Gasteiger partial charge in [-0.05, 0) is 42.3 Å². The first kappa shape index (κ1) is 18.6. The minimum atomic E-state index is -0.472. The minimum Gasteiger partial charge on any atom is -0.494 e. The summed E-state index contributed by atoms with van der Waals surface area (Å²) in [4.78, 5) is 0. The molecule has 1 unspecified atom stereocenters.